The molecule has 0 atom stereocenters. The second-order valence-corrected chi connectivity index (χ2v) is 5.83. The number of aromatic carboxylic acids is 1. The average molecular weight is 287 g/mol. The molecule has 0 aliphatic heterocycles. The monoisotopic (exact) mass is 287 g/mol. The van der Waals surface area contributed by atoms with Gasteiger partial charge in [-0.05, 0) is 24.6 Å². The van der Waals surface area contributed by atoms with E-state index in [0.29, 0.717) is 12.2 Å². The quantitative estimate of drug-likeness (QED) is 0.799. The van der Waals surface area contributed by atoms with Crippen molar-refractivity contribution in [1.29, 1.82) is 0 Å². The van der Waals surface area contributed by atoms with Crippen LogP contribution in [-0.4, -0.2) is 32.4 Å². The molecular formula is C12H17NO5S. The first-order chi connectivity index (χ1) is 8.89. The number of hydrogen-bond donors (Lipinski definition) is 2. The number of unbranched alkanes of at least 4 members (excludes halogenated alkanes) is 1. The van der Waals surface area contributed by atoms with Gasteiger partial charge in [0.1, 0.15) is 5.75 Å². The number of sulfonamides is 1. The van der Waals surface area contributed by atoms with Gasteiger partial charge in [0.25, 0.3) is 0 Å². The van der Waals surface area contributed by atoms with Crippen molar-refractivity contribution < 1.29 is 23.1 Å². The maximum absolute atomic E-state index is 11.8. The van der Waals surface area contributed by atoms with Crippen LogP contribution in [0.25, 0.3) is 0 Å². The first-order valence-electron chi connectivity index (χ1n) is 5.81. The van der Waals surface area contributed by atoms with E-state index in [9.17, 15) is 13.2 Å². The van der Waals surface area contributed by atoms with Gasteiger partial charge >= 0.3 is 5.97 Å². The minimum absolute atomic E-state index is 0.0331. The zero-order valence-electron chi connectivity index (χ0n) is 10.8. The van der Waals surface area contributed by atoms with Crippen LogP contribution in [0, 0.1) is 0 Å². The van der Waals surface area contributed by atoms with Gasteiger partial charge in [0, 0.05) is 0 Å². The zero-order chi connectivity index (χ0) is 14.5. The van der Waals surface area contributed by atoms with Gasteiger partial charge in [0.05, 0.1) is 24.1 Å². The van der Waals surface area contributed by atoms with Gasteiger partial charge in [-0.3, -0.25) is 4.72 Å². The molecule has 19 heavy (non-hydrogen) atoms. The fourth-order valence-electron chi connectivity index (χ4n) is 1.47. The van der Waals surface area contributed by atoms with Gasteiger partial charge in [-0.1, -0.05) is 13.3 Å². The predicted octanol–water partition coefficient (Wildman–Crippen LogP) is 1.94. The molecule has 0 amide bonds. The van der Waals surface area contributed by atoms with Crippen LogP contribution in [-0.2, 0) is 10.0 Å². The smallest absolute Gasteiger partial charge is 0.337 e. The minimum Gasteiger partial charge on any atom is -0.497 e. The van der Waals surface area contributed by atoms with Gasteiger partial charge in [0.2, 0.25) is 10.0 Å². The molecule has 0 saturated heterocycles. The highest BCUT2D eigenvalue weighted by atomic mass is 32.2. The molecule has 0 aliphatic rings. The zero-order valence-corrected chi connectivity index (χ0v) is 11.7. The molecule has 1 aromatic rings. The van der Waals surface area contributed by atoms with E-state index >= 15 is 0 Å². The first kappa shape index (κ1) is 15.3. The van der Waals surface area contributed by atoms with Crippen molar-refractivity contribution in [2.24, 2.45) is 0 Å². The summed E-state index contributed by atoms with van der Waals surface area (Å²) < 4.78 is 30.7. The molecule has 0 bridgehead atoms. The van der Waals surface area contributed by atoms with Crippen LogP contribution < -0.4 is 9.46 Å². The summed E-state index contributed by atoms with van der Waals surface area (Å²) in [6.45, 7) is 1.88. The third kappa shape index (κ3) is 4.44. The average Bonchev–Trinajstić information content (AvgIpc) is 2.36. The number of methoxy groups -OCH3 is 1. The number of rotatable bonds is 7. The number of carbonyl (C=O) groups is 1. The topological polar surface area (TPSA) is 92.7 Å². The number of ether oxygens (including phenoxy) is 1. The molecule has 0 unspecified atom stereocenters. The lowest BCUT2D eigenvalue weighted by atomic mass is 10.2. The summed E-state index contributed by atoms with van der Waals surface area (Å²) in [7, 11) is -2.12. The Kier molecular flexibility index (Phi) is 5.17. The molecule has 0 saturated carbocycles. The van der Waals surface area contributed by atoms with Gasteiger partial charge in [-0.2, -0.15) is 0 Å². The summed E-state index contributed by atoms with van der Waals surface area (Å²) in [5, 5.41) is 9.07. The molecule has 0 aliphatic carbocycles. The fraction of sp³-hybridized carbons (Fsp3) is 0.417. The van der Waals surface area contributed by atoms with E-state index in [1.165, 1.54) is 25.3 Å². The number of anilines is 1. The standard InChI is InChI=1S/C12H17NO5S/c1-3-4-7-19(16,17)13-11-6-5-9(18-2)8-10(11)12(14)15/h5-6,8,13H,3-4,7H2,1-2H3,(H,14,15). The van der Waals surface area contributed by atoms with E-state index in [2.05, 4.69) is 4.72 Å². The van der Waals surface area contributed by atoms with Crippen LogP contribution in [0.3, 0.4) is 0 Å². The van der Waals surface area contributed by atoms with Crippen LogP contribution in [0.5, 0.6) is 5.75 Å². The Labute approximate surface area is 112 Å². The van der Waals surface area contributed by atoms with Gasteiger partial charge in [-0.15, -0.1) is 0 Å². The van der Waals surface area contributed by atoms with E-state index in [1.54, 1.807) is 0 Å². The second kappa shape index (κ2) is 6.42. The molecule has 2 N–H and O–H groups in total. The molecule has 0 heterocycles. The lowest BCUT2D eigenvalue weighted by Gasteiger charge is -2.11. The number of nitrogens with one attached hydrogen (secondary N) is 1. The maximum Gasteiger partial charge on any atom is 0.337 e. The van der Waals surface area contributed by atoms with Crippen molar-refractivity contribution in [3.05, 3.63) is 23.8 Å². The summed E-state index contributed by atoms with van der Waals surface area (Å²) in [6.07, 6.45) is 1.27. The predicted molar refractivity (Wildman–Crippen MR) is 72.3 cm³/mol. The largest absolute Gasteiger partial charge is 0.497 e. The van der Waals surface area contributed by atoms with E-state index < -0.39 is 16.0 Å². The van der Waals surface area contributed by atoms with Crippen LogP contribution >= 0.6 is 0 Å². The Bertz CT molecular complexity index is 553. The lowest BCUT2D eigenvalue weighted by molar-refractivity contribution is 0.0697. The van der Waals surface area contributed by atoms with Crippen molar-refractivity contribution >= 4 is 21.7 Å². The Morgan fingerprint density at radius 2 is 2.11 bits per heavy atom. The third-order valence-electron chi connectivity index (χ3n) is 2.49. The molecule has 0 aromatic heterocycles. The van der Waals surface area contributed by atoms with E-state index in [1.807, 2.05) is 6.92 Å². The summed E-state index contributed by atoms with van der Waals surface area (Å²) in [5.74, 6) is -0.893. The number of benzene rings is 1. The summed E-state index contributed by atoms with van der Waals surface area (Å²) in [4.78, 5) is 11.1. The third-order valence-corrected chi connectivity index (χ3v) is 3.85. The number of carboxylic acids is 1. The Hall–Kier alpha value is -1.76. The molecule has 1 rings (SSSR count). The molecule has 0 spiro atoms. The summed E-state index contributed by atoms with van der Waals surface area (Å²) in [6, 6.07) is 4.16. The summed E-state index contributed by atoms with van der Waals surface area (Å²) >= 11 is 0. The molecule has 106 valence electrons. The SMILES string of the molecule is CCCCS(=O)(=O)Nc1ccc(OC)cc1C(=O)O. The Morgan fingerprint density at radius 3 is 2.63 bits per heavy atom. The van der Waals surface area contributed by atoms with Crippen LogP contribution in [0.1, 0.15) is 30.1 Å². The van der Waals surface area contributed by atoms with Gasteiger partial charge in [-0.25, -0.2) is 13.2 Å². The summed E-state index contributed by atoms with van der Waals surface area (Å²) in [5.41, 5.74) is -0.0937. The van der Waals surface area contributed by atoms with E-state index in [0.717, 1.165) is 6.42 Å². The van der Waals surface area contributed by atoms with Crippen LogP contribution in [0.4, 0.5) is 5.69 Å². The Morgan fingerprint density at radius 1 is 1.42 bits per heavy atom. The molecule has 0 fully saturated rings. The number of hydrogen-bond acceptors (Lipinski definition) is 4. The molecule has 7 heteroatoms. The van der Waals surface area contributed by atoms with Gasteiger partial charge < -0.3 is 9.84 Å². The first-order valence-corrected chi connectivity index (χ1v) is 7.46. The second-order valence-electron chi connectivity index (χ2n) is 3.99. The highest BCUT2D eigenvalue weighted by Crippen LogP contribution is 2.23. The van der Waals surface area contributed by atoms with Crippen molar-refractivity contribution in [2.75, 3.05) is 17.6 Å². The van der Waals surface area contributed by atoms with Crippen molar-refractivity contribution in [1.82, 2.24) is 0 Å². The number of carboxylic acid groups (broad SMARTS) is 1. The Balaban J connectivity index is 3.04. The fourth-order valence-corrected chi connectivity index (χ4v) is 2.75. The highest BCUT2D eigenvalue weighted by molar-refractivity contribution is 7.92. The van der Waals surface area contributed by atoms with Crippen molar-refractivity contribution in [2.45, 2.75) is 19.8 Å². The van der Waals surface area contributed by atoms with Crippen LogP contribution in [0.15, 0.2) is 18.2 Å². The highest BCUT2D eigenvalue weighted by Gasteiger charge is 2.16. The lowest BCUT2D eigenvalue weighted by Crippen LogP contribution is -2.18. The molecular weight excluding hydrogens is 270 g/mol. The minimum atomic E-state index is -3.53. The van der Waals surface area contributed by atoms with Crippen LogP contribution in [0.2, 0.25) is 0 Å². The van der Waals surface area contributed by atoms with Crippen molar-refractivity contribution in [3.8, 4) is 5.75 Å². The van der Waals surface area contributed by atoms with Gasteiger partial charge in [0.15, 0.2) is 0 Å². The maximum atomic E-state index is 11.8. The molecule has 0 radical (unpaired) electrons. The van der Waals surface area contributed by atoms with E-state index in [4.69, 9.17) is 9.84 Å². The van der Waals surface area contributed by atoms with E-state index in [-0.39, 0.29) is 17.0 Å². The van der Waals surface area contributed by atoms with Crippen molar-refractivity contribution in [3.63, 3.8) is 0 Å². The molecule has 6 nitrogen and oxygen atoms in total. The normalized spacial score (nSPS) is 11.1. The molecule has 1 aromatic carbocycles.